The Kier molecular flexibility index (Phi) is 3.96. The van der Waals surface area contributed by atoms with E-state index in [1.54, 1.807) is 6.26 Å². The fourth-order valence-corrected chi connectivity index (χ4v) is 3.75. The highest BCUT2D eigenvalue weighted by Crippen LogP contribution is 2.38. The summed E-state index contributed by atoms with van der Waals surface area (Å²) in [5.41, 5.74) is 2.25. The van der Waals surface area contributed by atoms with Crippen LogP contribution in [0, 0.1) is 10.5 Å². The summed E-state index contributed by atoms with van der Waals surface area (Å²) in [5.74, 6) is 2.93. The van der Waals surface area contributed by atoms with Crippen LogP contribution in [-0.2, 0) is 0 Å². The Balaban J connectivity index is 2.12. The summed E-state index contributed by atoms with van der Waals surface area (Å²) in [4.78, 5) is 9.42. The highest BCUT2D eigenvalue weighted by atomic mass is 127. The van der Waals surface area contributed by atoms with Crippen LogP contribution < -0.4 is 5.32 Å². The fourth-order valence-electron chi connectivity index (χ4n) is 2.80. The van der Waals surface area contributed by atoms with Crippen molar-refractivity contribution in [2.45, 2.75) is 38.5 Å². The predicted octanol–water partition coefficient (Wildman–Crippen LogP) is 4.35. The third-order valence-electron chi connectivity index (χ3n) is 3.92. The van der Waals surface area contributed by atoms with Crippen LogP contribution in [0.1, 0.15) is 42.9 Å². The molecule has 3 rings (SSSR count). The Hall–Kier alpha value is -1.11. The molecule has 0 atom stereocenters. The van der Waals surface area contributed by atoms with Gasteiger partial charge in [-0.3, -0.25) is 0 Å². The molecule has 1 N–H and O–H groups in total. The zero-order valence-corrected chi connectivity index (χ0v) is 13.9. The van der Waals surface area contributed by atoms with Gasteiger partial charge in [0.25, 0.3) is 0 Å². The van der Waals surface area contributed by atoms with Crippen molar-refractivity contribution in [3.8, 4) is 11.6 Å². The third-order valence-corrected chi connectivity index (χ3v) is 4.98. The number of aromatic nitrogens is 2. The molecule has 0 aliphatic heterocycles. The molecule has 4 nitrogen and oxygen atoms in total. The molecule has 1 saturated carbocycles. The summed E-state index contributed by atoms with van der Waals surface area (Å²) < 4.78 is 6.70. The van der Waals surface area contributed by atoms with Gasteiger partial charge in [0.15, 0.2) is 11.6 Å². The second-order valence-corrected chi connectivity index (χ2v) is 6.34. The summed E-state index contributed by atoms with van der Waals surface area (Å²) in [6.45, 7) is 2.02. The van der Waals surface area contributed by atoms with Gasteiger partial charge in [-0.05, 0) is 54.0 Å². The van der Waals surface area contributed by atoms with E-state index in [4.69, 9.17) is 9.40 Å². The van der Waals surface area contributed by atoms with Crippen molar-refractivity contribution >= 4 is 28.4 Å². The van der Waals surface area contributed by atoms with Gasteiger partial charge < -0.3 is 9.73 Å². The number of halogens is 1. The van der Waals surface area contributed by atoms with Crippen molar-refractivity contribution in [1.82, 2.24) is 9.97 Å². The number of rotatable bonds is 3. The van der Waals surface area contributed by atoms with Gasteiger partial charge in [-0.25, -0.2) is 9.97 Å². The van der Waals surface area contributed by atoms with Crippen molar-refractivity contribution < 1.29 is 4.42 Å². The fraction of sp³-hybridized carbons (Fsp3) is 0.467. The molecule has 2 aromatic rings. The van der Waals surface area contributed by atoms with Gasteiger partial charge in [-0.15, -0.1) is 0 Å². The topological polar surface area (TPSA) is 51.0 Å². The van der Waals surface area contributed by atoms with Crippen molar-refractivity contribution in [2.24, 2.45) is 0 Å². The minimum atomic E-state index is 0.561. The lowest BCUT2D eigenvalue weighted by Crippen LogP contribution is -2.08. The van der Waals surface area contributed by atoms with Crippen LogP contribution in [0.4, 0.5) is 5.82 Å². The first-order chi connectivity index (χ1) is 9.70. The van der Waals surface area contributed by atoms with Gasteiger partial charge in [-0.1, -0.05) is 12.8 Å². The molecule has 20 heavy (non-hydrogen) atoms. The van der Waals surface area contributed by atoms with E-state index in [-0.39, 0.29) is 0 Å². The molecule has 5 heteroatoms. The van der Waals surface area contributed by atoms with Crippen LogP contribution in [0.25, 0.3) is 11.6 Å². The van der Waals surface area contributed by atoms with Gasteiger partial charge in [-0.2, -0.15) is 0 Å². The van der Waals surface area contributed by atoms with E-state index in [1.165, 1.54) is 31.4 Å². The molecule has 0 unspecified atom stereocenters. The molecule has 2 aromatic heterocycles. The zero-order chi connectivity index (χ0) is 14.1. The maximum Gasteiger partial charge on any atom is 0.198 e. The number of hydrogen-bond donors (Lipinski definition) is 1. The van der Waals surface area contributed by atoms with Gasteiger partial charge in [0.1, 0.15) is 5.82 Å². The Bertz CT molecular complexity index is 618. The smallest absolute Gasteiger partial charge is 0.198 e. The molecule has 0 amide bonds. The number of nitrogens with one attached hydrogen (secondary N) is 1. The molecule has 0 saturated heterocycles. The average Bonchev–Trinajstić information content (AvgIpc) is 3.10. The lowest BCUT2D eigenvalue weighted by Gasteiger charge is -2.15. The molecule has 0 aromatic carbocycles. The van der Waals surface area contributed by atoms with Crippen LogP contribution in [-0.4, -0.2) is 17.0 Å². The normalized spacial score (nSPS) is 15.8. The third kappa shape index (κ3) is 2.43. The molecule has 0 bridgehead atoms. The van der Waals surface area contributed by atoms with Crippen LogP contribution in [0.2, 0.25) is 0 Å². The molecule has 0 spiro atoms. The van der Waals surface area contributed by atoms with Crippen molar-refractivity contribution in [1.29, 1.82) is 0 Å². The first kappa shape index (κ1) is 13.9. The van der Waals surface area contributed by atoms with Crippen LogP contribution in [0.15, 0.2) is 16.7 Å². The van der Waals surface area contributed by atoms with E-state index in [0.29, 0.717) is 11.7 Å². The zero-order valence-electron chi connectivity index (χ0n) is 11.7. The van der Waals surface area contributed by atoms with Gasteiger partial charge in [0.05, 0.1) is 15.5 Å². The van der Waals surface area contributed by atoms with E-state index in [1.807, 2.05) is 20.0 Å². The lowest BCUT2D eigenvalue weighted by atomic mass is 10.0. The molecular weight excluding hydrogens is 365 g/mol. The van der Waals surface area contributed by atoms with Crippen LogP contribution in [0.5, 0.6) is 0 Å². The Morgan fingerprint density at radius 2 is 2.05 bits per heavy atom. The molecule has 106 valence electrons. The maximum atomic E-state index is 5.55. The minimum absolute atomic E-state index is 0.561. The summed E-state index contributed by atoms with van der Waals surface area (Å²) in [5, 5.41) is 3.18. The number of aryl methyl sites for hydroxylation is 1. The first-order valence-corrected chi connectivity index (χ1v) is 8.08. The SMILES string of the molecule is CNc1nc(-c2occc2C)nc(C2CCCC2)c1I. The van der Waals surface area contributed by atoms with Gasteiger partial charge in [0.2, 0.25) is 0 Å². The molecule has 0 radical (unpaired) electrons. The van der Waals surface area contributed by atoms with Crippen LogP contribution in [0.3, 0.4) is 0 Å². The van der Waals surface area contributed by atoms with Gasteiger partial charge >= 0.3 is 0 Å². The standard InChI is InChI=1S/C15H18IN3O/c1-9-7-8-20-13(9)15-18-12(10-5-3-4-6-10)11(16)14(17-2)19-15/h7-8,10H,3-6H2,1-2H3,(H,17,18,19). The molecule has 1 aliphatic carbocycles. The van der Waals surface area contributed by atoms with E-state index < -0.39 is 0 Å². The first-order valence-electron chi connectivity index (χ1n) is 7.00. The molecule has 2 heterocycles. The van der Waals surface area contributed by atoms with E-state index in [2.05, 4.69) is 32.9 Å². The molecule has 1 fully saturated rings. The highest BCUT2D eigenvalue weighted by molar-refractivity contribution is 14.1. The Morgan fingerprint density at radius 3 is 2.65 bits per heavy atom. The quantitative estimate of drug-likeness (QED) is 0.801. The number of hydrogen-bond acceptors (Lipinski definition) is 4. The number of anilines is 1. The molecular formula is C15H18IN3O. The van der Waals surface area contributed by atoms with Gasteiger partial charge in [0, 0.05) is 13.0 Å². The number of nitrogens with zero attached hydrogens (tertiary/aromatic N) is 2. The average molecular weight is 383 g/mol. The second-order valence-electron chi connectivity index (χ2n) is 5.26. The number of furan rings is 1. The Labute approximate surface area is 132 Å². The summed E-state index contributed by atoms with van der Waals surface area (Å²) in [7, 11) is 1.90. The summed E-state index contributed by atoms with van der Waals surface area (Å²) >= 11 is 2.36. The monoisotopic (exact) mass is 383 g/mol. The highest BCUT2D eigenvalue weighted by Gasteiger charge is 2.24. The summed E-state index contributed by atoms with van der Waals surface area (Å²) in [6.07, 6.45) is 6.75. The van der Waals surface area contributed by atoms with E-state index in [9.17, 15) is 0 Å². The molecule has 1 aliphatic rings. The second kappa shape index (κ2) is 5.71. The maximum absolute atomic E-state index is 5.55. The minimum Gasteiger partial charge on any atom is -0.461 e. The largest absolute Gasteiger partial charge is 0.461 e. The van der Waals surface area contributed by atoms with Crippen LogP contribution >= 0.6 is 22.6 Å². The van der Waals surface area contributed by atoms with Crippen molar-refractivity contribution in [3.63, 3.8) is 0 Å². The Morgan fingerprint density at radius 1 is 1.30 bits per heavy atom. The lowest BCUT2D eigenvalue weighted by molar-refractivity contribution is 0.573. The predicted molar refractivity (Wildman–Crippen MR) is 87.9 cm³/mol. The summed E-state index contributed by atoms with van der Waals surface area (Å²) in [6, 6.07) is 1.95. The van der Waals surface area contributed by atoms with Crippen molar-refractivity contribution in [2.75, 3.05) is 12.4 Å². The van der Waals surface area contributed by atoms with E-state index >= 15 is 0 Å². The van der Waals surface area contributed by atoms with E-state index in [0.717, 1.165) is 20.7 Å². The van der Waals surface area contributed by atoms with Crippen molar-refractivity contribution in [3.05, 3.63) is 27.2 Å².